The van der Waals surface area contributed by atoms with Gasteiger partial charge in [0.1, 0.15) is 22.1 Å². The van der Waals surface area contributed by atoms with Crippen LogP contribution in [0.2, 0.25) is 5.15 Å². The van der Waals surface area contributed by atoms with Crippen LogP contribution in [0.15, 0.2) is 46.9 Å². The zero-order chi connectivity index (χ0) is 27.0. The van der Waals surface area contributed by atoms with Crippen LogP contribution < -0.4 is 10.1 Å². The molecule has 0 aliphatic carbocycles. The van der Waals surface area contributed by atoms with E-state index in [1.165, 1.54) is 17.9 Å². The van der Waals surface area contributed by atoms with Crippen molar-refractivity contribution in [1.82, 2.24) is 9.78 Å². The second kappa shape index (κ2) is 10.1. The first kappa shape index (κ1) is 25.8. The number of hydrogen-bond acceptors (Lipinski definition) is 8. The third kappa shape index (κ3) is 5.11. The van der Waals surface area contributed by atoms with Gasteiger partial charge in [-0.3, -0.25) is 4.79 Å². The molecular formula is C26H24ClN3O7S. The Hall–Kier alpha value is -3.83. The summed E-state index contributed by atoms with van der Waals surface area (Å²) in [4.78, 5) is 24.8. The van der Waals surface area contributed by atoms with Gasteiger partial charge in [0.2, 0.25) is 0 Å². The molecule has 1 atom stereocenters. The molecule has 1 aliphatic rings. The molecule has 5 rings (SSSR count). The van der Waals surface area contributed by atoms with E-state index in [0.717, 1.165) is 16.8 Å². The Morgan fingerprint density at radius 3 is 2.76 bits per heavy atom. The summed E-state index contributed by atoms with van der Waals surface area (Å²) in [5, 5.41) is 9.03. The number of furan rings is 1. The number of aromatic nitrogens is 2. The van der Waals surface area contributed by atoms with Gasteiger partial charge in [0.25, 0.3) is 5.91 Å². The van der Waals surface area contributed by atoms with Crippen LogP contribution in [0.5, 0.6) is 5.75 Å². The molecule has 1 aliphatic heterocycles. The van der Waals surface area contributed by atoms with Gasteiger partial charge >= 0.3 is 5.97 Å². The minimum absolute atomic E-state index is 0.0256. The second-order valence-electron chi connectivity index (χ2n) is 8.93. The highest BCUT2D eigenvalue weighted by Crippen LogP contribution is 2.36. The number of rotatable bonds is 7. The van der Waals surface area contributed by atoms with Gasteiger partial charge in [-0.15, -0.1) is 0 Å². The first-order chi connectivity index (χ1) is 18.1. The van der Waals surface area contributed by atoms with Gasteiger partial charge < -0.3 is 19.2 Å². The van der Waals surface area contributed by atoms with Crippen molar-refractivity contribution >= 4 is 67.0 Å². The number of carbonyl (C=O) groups is 2. The maximum absolute atomic E-state index is 12.5. The molecule has 1 N–H and O–H groups in total. The number of para-hydroxylation sites is 1. The number of carbonyl (C=O) groups excluding carboxylic acids is 2. The van der Waals surface area contributed by atoms with Crippen molar-refractivity contribution in [3.05, 3.63) is 58.9 Å². The molecule has 10 nitrogen and oxygen atoms in total. The average molecular weight is 558 g/mol. The van der Waals surface area contributed by atoms with Gasteiger partial charge in [-0.25, -0.2) is 17.9 Å². The number of methoxy groups -OCH3 is 1. The molecule has 198 valence electrons. The van der Waals surface area contributed by atoms with E-state index in [4.69, 9.17) is 25.5 Å². The fourth-order valence-electron chi connectivity index (χ4n) is 4.47. The number of fused-ring (bicyclic) bond motifs is 3. The van der Waals surface area contributed by atoms with Crippen LogP contribution in [-0.4, -0.2) is 55.3 Å². The molecule has 4 aromatic rings. The molecule has 12 heteroatoms. The maximum atomic E-state index is 12.5. The number of hydrogen-bond donors (Lipinski definition) is 1. The third-order valence-electron chi connectivity index (χ3n) is 6.33. The van der Waals surface area contributed by atoms with Crippen LogP contribution in [-0.2, 0) is 24.2 Å². The summed E-state index contributed by atoms with van der Waals surface area (Å²) < 4.78 is 41.4. The predicted octanol–water partition coefficient (Wildman–Crippen LogP) is 4.31. The fraction of sp³-hybridized carbons (Fsp3) is 0.269. The number of aryl methyl sites for hydroxylation is 1. The lowest BCUT2D eigenvalue weighted by Gasteiger charge is -2.10. The van der Waals surface area contributed by atoms with Crippen LogP contribution in [0, 0.1) is 6.92 Å². The van der Waals surface area contributed by atoms with E-state index >= 15 is 0 Å². The van der Waals surface area contributed by atoms with E-state index in [1.807, 2.05) is 24.3 Å². The van der Waals surface area contributed by atoms with Crippen LogP contribution in [0.3, 0.4) is 0 Å². The summed E-state index contributed by atoms with van der Waals surface area (Å²) >= 11 is 6.42. The largest absolute Gasteiger partial charge is 0.495 e. The first-order valence-electron chi connectivity index (χ1n) is 11.7. The minimum Gasteiger partial charge on any atom is -0.495 e. The van der Waals surface area contributed by atoms with Gasteiger partial charge in [-0.2, -0.15) is 5.10 Å². The molecule has 0 spiro atoms. The summed E-state index contributed by atoms with van der Waals surface area (Å²) in [5.74, 6) is -0.829. The van der Waals surface area contributed by atoms with Crippen LogP contribution >= 0.6 is 11.6 Å². The highest BCUT2D eigenvalue weighted by molar-refractivity contribution is 7.91. The van der Waals surface area contributed by atoms with Gasteiger partial charge in [-0.05, 0) is 31.6 Å². The van der Waals surface area contributed by atoms with Crippen LogP contribution in [0.4, 0.5) is 5.69 Å². The summed E-state index contributed by atoms with van der Waals surface area (Å²) in [5.41, 5.74) is 2.67. The number of anilines is 1. The maximum Gasteiger partial charge on any atom is 0.331 e. The summed E-state index contributed by atoms with van der Waals surface area (Å²) in [7, 11) is -1.62. The Labute approximate surface area is 223 Å². The van der Waals surface area contributed by atoms with Crippen molar-refractivity contribution in [2.45, 2.75) is 19.4 Å². The van der Waals surface area contributed by atoms with Gasteiger partial charge in [-0.1, -0.05) is 29.8 Å². The predicted molar refractivity (Wildman–Crippen MR) is 143 cm³/mol. The summed E-state index contributed by atoms with van der Waals surface area (Å²) in [6, 6.07) is 10.7. The lowest BCUT2D eigenvalue weighted by atomic mass is 10.1. The highest BCUT2D eigenvalue weighted by Gasteiger charge is 2.31. The molecule has 0 bridgehead atoms. The Balaban J connectivity index is 1.23. The third-order valence-corrected chi connectivity index (χ3v) is 8.46. The number of ether oxygens (including phenoxy) is 2. The Morgan fingerprint density at radius 1 is 1.24 bits per heavy atom. The summed E-state index contributed by atoms with van der Waals surface area (Å²) in [6.45, 7) is 1.17. The van der Waals surface area contributed by atoms with E-state index in [0.29, 0.717) is 40.3 Å². The number of amides is 1. The van der Waals surface area contributed by atoms with Crippen molar-refractivity contribution in [2.24, 2.45) is 0 Å². The molecule has 38 heavy (non-hydrogen) atoms. The molecule has 1 amide bonds. The van der Waals surface area contributed by atoms with Crippen molar-refractivity contribution in [2.75, 3.05) is 30.5 Å². The minimum atomic E-state index is -3.11. The SMILES string of the molecule is COc1cc2c(cc1NC(=O)COC(=O)C=Cc1c(C)nn(C3CCS(=O)(=O)C3)c1Cl)oc1ccccc12. The molecule has 3 heterocycles. The van der Waals surface area contributed by atoms with Crippen LogP contribution in [0.1, 0.15) is 23.7 Å². The van der Waals surface area contributed by atoms with Crippen molar-refractivity contribution in [3.63, 3.8) is 0 Å². The average Bonchev–Trinajstić information content (AvgIpc) is 3.52. The number of sulfone groups is 1. The molecular weight excluding hydrogens is 534 g/mol. The van der Waals surface area contributed by atoms with Gasteiger partial charge in [0.05, 0.1) is 36.0 Å². The van der Waals surface area contributed by atoms with Crippen molar-refractivity contribution in [1.29, 1.82) is 0 Å². The van der Waals surface area contributed by atoms with Crippen molar-refractivity contribution < 1.29 is 31.9 Å². The number of nitrogens with zero attached hydrogens (tertiary/aromatic N) is 2. The van der Waals surface area contributed by atoms with Crippen molar-refractivity contribution in [3.8, 4) is 5.75 Å². The molecule has 2 aromatic heterocycles. The molecule has 1 unspecified atom stereocenters. The Morgan fingerprint density at radius 2 is 2.03 bits per heavy atom. The zero-order valence-electron chi connectivity index (χ0n) is 20.6. The monoisotopic (exact) mass is 557 g/mol. The zero-order valence-corrected chi connectivity index (χ0v) is 22.1. The van der Waals surface area contributed by atoms with Crippen LogP contribution in [0.25, 0.3) is 28.0 Å². The summed E-state index contributed by atoms with van der Waals surface area (Å²) in [6.07, 6.45) is 3.00. The number of benzene rings is 2. The van der Waals surface area contributed by atoms with Gasteiger partial charge in [0.15, 0.2) is 16.4 Å². The topological polar surface area (TPSA) is 130 Å². The second-order valence-corrected chi connectivity index (χ2v) is 11.5. The quantitative estimate of drug-likeness (QED) is 0.263. The lowest BCUT2D eigenvalue weighted by molar-refractivity contribution is -0.142. The molecule has 2 aromatic carbocycles. The Bertz CT molecular complexity index is 1700. The number of halogens is 1. The molecule has 0 radical (unpaired) electrons. The van der Waals surface area contributed by atoms with E-state index < -0.39 is 28.3 Å². The van der Waals surface area contributed by atoms with Gasteiger partial charge in [0, 0.05) is 28.5 Å². The fourth-order valence-corrected chi connectivity index (χ4v) is 6.54. The van der Waals surface area contributed by atoms with E-state index in [1.54, 1.807) is 19.1 Å². The first-order valence-corrected chi connectivity index (χ1v) is 13.9. The van der Waals surface area contributed by atoms with E-state index in [9.17, 15) is 18.0 Å². The number of esters is 1. The lowest BCUT2D eigenvalue weighted by Crippen LogP contribution is -2.20. The molecule has 1 fully saturated rings. The standard InChI is InChI=1S/C26H24ClN3O7S/c1-15-17(26(27)30(29-15)16-9-10-38(33,34)14-16)7-8-25(32)36-13-24(31)28-20-12-22-19(11-23(20)35-2)18-5-3-4-6-21(18)37-22/h3-8,11-12,16H,9-10,13-14H2,1-2H3,(H,28,31). The Kier molecular flexibility index (Phi) is 6.89. The number of nitrogens with one attached hydrogen (secondary N) is 1. The highest BCUT2D eigenvalue weighted by atomic mass is 35.5. The smallest absolute Gasteiger partial charge is 0.331 e. The van der Waals surface area contributed by atoms with E-state index in [-0.39, 0.29) is 22.7 Å². The normalized spacial score (nSPS) is 16.9. The van der Waals surface area contributed by atoms with E-state index in [2.05, 4.69) is 10.4 Å². The molecule has 0 saturated carbocycles. The molecule has 1 saturated heterocycles.